The van der Waals surface area contributed by atoms with E-state index in [0.717, 1.165) is 29.1 Å². The van der Waals surface area contributed by atoms with E-state index in [0.29, 0.717) is 0 Å². The van der Waals surface area contributed by atoms with Crippen molar-refractivity contribution in [3.05, 3.63) is 76.8 Å². The average molecular weight is 324 g/mol. The van der Waals surface area contributed by atoms with E-state index < -0.39 is 0 Å². The van der Waals surface area contributed by atoms with Crippen LogP contribution in [0.3, 0.4) is 0 Å². The smallest absolute Gasteiger partial charge is 0.185 e. The minimum Gasteiger partial charge on any atom is -0.374 e. The van der Waals surface area contributed by atoms with Gasteiger partial charge in [0.05, 0.1) is 6.04 Å². The summed E-state index contributed by atoms with van der Waals surface area (Å²) in [6.45, 7) is 0. The lowest BCUT2D eigenvalue weighted by Crippen LogP contribution is -2.44. The van der Waals surface area contributed by atoms with Crippen LogP contribution in [-0.2, 0) is 0 Å². The first-order valence-corrected chi connectivity index (χ1v) is 8.44. The molecule has 0 saturated carbocycles. The second kappa shape index (κ2) is 5.86. The molecule has 0 radical (unpaired) electrons. The number of anilines is 1. The van der Waals surface area contributed by atoms with Crippen LogP contribution in [0.2, 0.25) is 5.02 Å². The van der Waals surface area contributed by atoms with Crippen LogP contribution < -0.4 is 5.32 Å². The molecule has 3 atom stereocenters. The van der Waals surface area contributed by atoms with Crippen LogP contribution in [0.25, 0.3) is 0 Å². The minimum absolute atomic E-state index is 0.177. The lowest BCUT2D eigenvalue weighted by Gasteiger charge is -2.40. The van der Waals surface area contributed by atoms with E-state index in [4.69, 9.17) is 11.6 Å². The number of nitrogens with one attached hydrogen (secondary N) is 1. The fraction of sp³-hybridized carbons (Fsp3) is 0.250. The molecule has 0 amide bonds. The number of hydrogen-bond donors (Lipinski definition) is 1. The molecule has 0 aromatic heterocycles. The molecule has 2 aromatic rings. The van der Waals surface area contributed by atoms with Crippen LogP contribution in [0.4, 0.5) is 5.69 Å². The van der Waals surface area contributed by atoms with Gasteiger partial charge in [-0.15, -0.1) is 0 Å². The summed E-state index contributed by atoms with van der Waals surface area (Å²) in [6, 6.07) is 15.3. The van der Waals surface area contributed by atoms with Gasteiger partial charge in [0.25, 0.3) is 0 Å². The second-order valence-corrected chi connectivity index (χ2v) is 6.72. The number of hydrogen-bond acceptors (Lipinski definition) is 2. The van der Waals surface area contributed by atoms with Gasteiger partial charge in [0, 0.05) is 22.2 Å². The van der Waals surface area contributed by atoms with Gasteiger partial charge in [-0.05, 0) is 42.5 Å². The molecular weight excluding hydrogens is 306 g/mol. The van der Waals surface area contributed by atoms with Crippen molar-refractivity contribution in [3.63, 3.8) is 0 Å². The van der Waals surface area contributed by atoms with E-state index in [9.17, 15) is 4.79 Å². The van der Waals surface area contributed by atoms with Crippen LogP contribution in [0.5, 0.6) is 0 Å². The third-order valence-electron chi connectivity index (χ3n) is 4.92. The molecule has 3 unspecified atom stereocenters. The van der Waals surface area contributed by atoms with Gasteiger partial charge >= 0.3 is 0 Å². The number of benzene rings is 2. The lowest BCUT2D eigenvalue weighted by molar-refractivity contribution is 0.0930. The summed E-state index contributed by atoms with van der Waals surface area (Å²) in [5.41, 5.74) is 3.00. The number of carbonyl (C=O) groups is 1. The van der Waals surface area contributed by atoms with Crippen molar-refractivity contribution in [1.82, 2.24) is 0 Å². The highest BCUT2D eigenvalue weighted by molar-refractivity contribution is 6.30. The molecule has 1 aliphatic heterocycles. The summed E-state index contributed by atoms with van der Waals surface area (Å²) in [6.07, 6.45) is 6.51. The average Bonchev–Trinajstić information content (AvgIpc) is 2.61. The second-order valence-electron chi connectivity index (χ2n) is 6.28. The van der Waals surface area contributed by atoms with Crippen molar-refractivity contribution in [1.29, 1.82) is 0 Å². The van der Waals surface area contributed by atoms with E-state index in [-0.39, 0.29) is 23.7 Å². The summed E-state index contributed by atoms with van der Waals surface area (Å²) in [4.78, 5) is 13.0. The molecule has 4 rings (SSSR count). The number of allylic oxidation sites excluding steroid dienone is 2. The highest BCUT2D eigenvalue weighted by atomic mass is 35.5. The van der Waals surface area contributed by atoms with Crippen molar-refractivity contribution >= 4 is 23.1 Å². The Hall–Kier alpha value is -2.06. The van der Waals surface area contributed by atoms with Gasteiger partial charge in [0.15, 0.2) is 5.78 Å². The zero-order chi connectivity index (χ0) is 15.8. The van der Waals surface area contributed by atoms with Crippen molar-refractivity contribution in [2.24, 2.45) is 5.92 Å². The first-order valence-electron chi connectivity index (χ1n) is 8.06. The molecule has 2 aliphatic rings. The van der Waals surface area contributed by atoms with Crippen molar-refractivity contribution in [2.45, 2.75) is 24.8 Å². The maximum atomic E-state index is 13.0. The Balaban J connectivity index is 1.76. The third kappa shape index (κ3) is 2.57. The molecule has 1 aliphatic carbocycles. The highest BCUT2D eigenvalue weighted by Crippen LogP contribution is 2.45. The van der Waals surface area contributed by atoms with Crippen LogP contribution in [0.15, 0.2) is 60.7 Å². The normalized spacial score (nSPS) is 25.2. The predicted octanol–water partition coefficient (Wildman–Crippen LogP) is 5.07. The van der Waals surface area contributed by atoms with Gasteiger partial charge < -0.3 is 5.32 Å². The Morgan fingerprint density at radius 1 is 1.13 bits per heavy atom. The fourth-order valence-corrected chi connectivity index (χ4v) is 4.00. The Labute approximate surface area is 141 Å². The molecule has 2 nitrogen and oxygen atoms in total. The SMILES string of the molecule is O=C(c1ccccc1)C1Nc2ccc(Cl)cc2C2C=CCCC12. The van der Waals surface area contributed by atoms with Crippen LogP contribution in [0, 0.1) is 5.92 Å². The van der Waals surface area contributed by atoms with Crippen LogP contribution in [-0.4, -0.2) is 11.8 Å². The number of ketones is 1. The Bertz CT molecular complexity index is 768. The Morgan fingerprint density at radius 3 is 2.78 bits per heavy atom. The minimum atomic E-state index is -0.180. The van der Waals surface area contributed by atoms with E-state index in [1.165, 1.54) is 5.56 Å². The summed E-state index contributed by atoms with van der Waals surface area (Å²) in [5.74, 6) is 0.714. The molecule has 116 valence electrons. The molecule has 1 N–H and O–H groups in total. The van der Waals surface area contributed by atoms with E-state index in [2.05, 4.69) is 17.5 Å². The number of fused-ring (bicyclic) bond motifs is 3. The zero-order valence-corrected chi connectivity index (χ0v) is 13.5. The molecule has 3 heteroatoms. The molecule has 0 saturated heterocycles. The number of Topliss-reactive ketones (excluding diaryl/α,β-unsaturated/α-hetero) is 1. The summed E-state index contributed by atoms with van der Waals surface area (Å²) >= 11 is 6.18. The molecule has 0 fully saturated rings. The van der Waals surface area contributed by atoms with E-state index in [1.54, 1.807) is 0 Å². The maximum Gasteiger partial charge on any atom is 0.185 e. The van der Waals surface area contributed by atoms with Crippen molar-refractivity contribution < 1.29 is 4.79 Å². The van der Waals surface area contributed by atoms with Gasteiger partial charge in [0.2, 0.25) is 0 Å². The largest absolute Gasteiger partial charge is 0.374 e. The number of carbonyl (C=O) groups excluding carboxylic acids is 1. The Morgan fingerprint density at radius 2 is 1.96 bits per heavy atom. The first kappa shape index (κ1) is 14.5. The standard InChI is InChI=1S/C20H18ClNO/c21-14-10-11-18-17(12-14)15-8-4-5-9-16(15)19(22-18)20(23)13-6-2-1-3-7-13/h1-4,6-8,10-12,15-16,19,22H,5,9H2. The summed E-state index contributed by atoms with van der Waals surface area (Å²) < 4.78 is 0. The van der Waals surface area contributed by atoms with Crippen LogP contribution in [0.1, 0.15) is 34.7 Å². The van der Waals surface area contributed by atoms with E-state index >= 15 is 0 Å². The Kier molecular flexibility index (Phi) is 3.70. The molecule has 23 heavy (non-hydrogen) atoms. The molecule has 1 heterocycles. The van der Waals surface area contributed by atoms with Gasteiger partial charge in [-0.1, -0.05) is 54.1 Å². The molecular formula is C20H18ClNO. The predicted molar refractivity (Wildman–Crippen MR) is 94.2 cm³/mol. The molecule has 2 aromatic carbocycles. The fourth-order valence-electron chi connectivity index (χ4n) is 3.82. The number of rotatable bonds is 2. The monoisotopic (exact) mass is 323 g/mol. The van der Waals surface area contributed by atoms with E-state index in [1.807, 2.05) is 48.5 Å². The van der Waals surface area contributed by atoms with Gasteiger partial charge in [0.1, 0.15) is 0 Å². The summed E-state index contributed by atoms with van der Waals surface area (Å²) in [7, 11) is 0. The number of halogens is 1. The van der Waals surface area contributed by atoms with Gasteiger partial charge in [-0.3, -0.25) is 4.79 Å². The quantitative estimate of drug-likeness (QED) is 0.617. The molecule has 0 bridgehead atoms. The topological polar surface area (TPSA) is 29.1 Å². The lowest BCUT2D eigenvalue weighted by atomic mass is 9.71. The first-order chi connectivity index (χ1) is 11.2. The van der Waals surface area contributed by atoms with Crippen LogP contribution >= 0.6 is 11.6 Å². The van der Waals surface area contributed by atoms with Crippen molar-refractivity contribution in [2.75, 3.05) is 5.32 Å². The highest BCUT2D eigenvalue weighted by Gasteiger charge is 2.39. The van der Waals surface area contributed by atoms with Gasteiger partial charge in [-0.25, -0.2) is 0 Å². The van der Waals surface area contributed by atoms with Crippen molar-refractivity contribution in [3.8, 4) is 0 Å². The maximum absolute atomic E-state index is 13.0. The van der Waals surface area contributed by atoms with Gasteiger partial charge in [-0.2, -0.15) is 0 Å². The zero-order valence-electron chi connectivity index (χ0n) is 12.7. The third-order valence-corrected chi connectivity index (χ3v) is 5.16. The molecule has 0 spiro atoms. The summed E-state index contributed by atoms with van der Waals surface area (Å²) in [5, 5.41) is 4.23.